The average molecular weight is 348 g/mol. The highest BCUT2D eigenvalue weighted by atomic mass is 16.4. The van der Waals surface area contributed by atoms with E-state index in [0.717, 1.165) is 5.56 Å². The first-order valence-corrected chi connectivity index (χ1v) is 7.59. The lowest BCUT2D eigenvalue weighted by Crippen LogP contribution is -2.18. The molecule has 0 radical (unpaired) electrons. The molecule has 4 heterocycles. The SMILES string of the molecule is Cc1ccc(-c2coc(NC(=O)c3cnnn3-c3ncccn3)n2)nc1. The van der Waals surface area contributed by atoms with Crippen molar-refractivity contribution >= 4 is 11.9 Å². The van der Waals surface area contributed by atoms with Gasteiger partial charge in [-0.2, -0.15) is 9.67 Å². The number of anilines is 1. The Hall–Kier alpha value is -3.95. The summed E-state index contributed by atoms with van der Waals surface area (Å²) < 4.78 is 6.52. The Morgan fingerprint density at radius 2 is 1.96 bits per heavy atom. The monoisotopic (exact) mass is 348 g/mol. The number of amides is 1. The molecule has 0 aromatic carbocycles. The number of nitrogens with zero attached hydrogens (tertiary/aromatic N) is 7. The van der Waals surface area contributed by atoms with E-state index >= 15 is 0 Å². The molecule has 0 fully saturated rings. The van der Waals surface area contributed by atoms with Gasteiger partial charge in [0.05, 0.1) is 11.9 Å². The maximum atomic E-state index is 12.5. The third kappa shape index (κ3) is 3.02. The van der Waals surface area contributed by atoms with Crippen molar-refractivity contribution in [2.75, 3.05) is 5.32 Å². The zero-order chi connectivity index (χ0) is 17.9. The van der Waals surface area contributed by atoms with Gasteiger partial charge < -0.3 is 4.42 Å². The quantitative estimate of drug-likeness (QED) is 0.590. The zero-order valence-corrected chi connectivity index (χ0v) is 13.6. The predicted molar refractivity (Wildman–Crippen MR) is 89.4 cm³/mol. The van der Waals surface area contributed by atoms with E-state index in [0.29, 0.717) is 11.4 Å². The molecule has 26 heavy (non-hydrogen) atoms. The Morgan fingerprint density at radius 3 is 2.73 bits per heavy atom. The largest absolute Gasteiger partial charge is 0.431 e. The van der Waals surface area contributed by atoms with Gasteiger partial charge >= 0.3 is 6.01 Å². The molecular weight excluding hydrogens is 336 g/mol. The van der Waals surface area contributed by atoms with Gasteiger partial charge in [0.25, 0.3) is 11.9 Å². The fraction of sp³-hybridized carbons (Fsp3) is 0.0625. The number of hydrogen-bond acceptors (Lipinski definition) is 8. The molecule has 0 bridgehead atoms. The minimum atomic E-state index is -0.507. The van der Waals surface area contributed by atoms with Crippen LogP contribution in [0.4, 0.5) is 6.01 Å². The van der Waals surface area contributed by atoms with E-state index in [1.165, 1.54) is 17.1 Å². The fourth-order valence-corrected chi connectivity index (χ4v) is 2.17. The van der Waals surface area contributed by atoms with Crippen LogP contribution >= 0.6 is 0 Å². The van der Waals surface area contributed by atoms with Gasteiger partial charge in [-0.25, -0.2) is 9.97 Å². The number of aromatic nitrogens is 7. The highest BCUT2D eigenvalue weighted by molar-refractivity contribution is 6.02. The van der Waals surface area contributed by atoms with Crippen LogP contribution in [0.3, 0.4) is 0 Å². The number of pyridine rings is 1. The van der Waals surface area contributed by atoms with Crippen LogP contribution in [0.15, 0.2) is 53.7 Å². The van der Waals surface area contributed by atoms with E-state index in [1.807, 2.05) is 19.1 Å². The summed E-state index contributed by atoms with van der Waals surface area (Å²) in [5.74, 6) is -0.278. The minimum absolute atomic E-state index is 0.0362. The van der Waals surface area contributed by atoms with Crippen molar-refractivity contribution in [3.63, 3.8) is 0 Å². The summed E-state index contributed by atoms with van der Waals surface area (Å²) in [4.78, 5) is 29.1. The molecule has 0 saturated heterocycles. The Balaban J connectivity index is 1.55. The number of aryl methyl sites for hydroxylation is 1. The summed E-state index contributed by atoms with van der Waals surface area (Å²) >= 11 is 0. The molecule has 4 aromatic heterocycles. The second-order valence-corrected chi connectivity index (χ2v) is 5.29. The Kier molecular flexibility index (Phi) is 3.90. The molecular formula is C16H12N8O2. The van der Waals surface area contributed by atoms with Gasteiger partial charge in [-0.3, -0.25) is 15.1 Å². The normalized spacial score (nSPS) is 10.7. The number of carbonyl (C=O) groups is 1. The fourth-order valence-electron chi connectivity index (χ4n) is 2.17. The Labute approximate surface area is 147 Å². The molecule has 0 spiro atoms. The lowest BCUT2D eigenvalue weighted by atomic mass is 10.2. The smallest absolute Gasteiger partial charge is 0.302 e. The van der Waals surface area contributed by atoms with Crippen molar-refractivity contribution in [3.8, 4) is 17.3 Å². The van der Waals surface area contributed by atoms with Crippen LogP contribution in [0.2, 0.25) is 0 Å². The molecule has 0 aliphatic rings. The Morgan fingerprint density at radius 1 is 1.12 bits per heavy atom. The first-order valence-electron chi connectivity index (χ1n) is 7.59. The van der Waals surface area contributed by atoms with Crippen LogP contribution in [0.1, 0.15) is 16.1 Å². The molecule has 0 saturated carbocycles. The van der Waals surface area contributed by atoms with Gasteiger partial charge in [0.1, 0.15) is 12.0 Å². The van der Waals surface area contributed by atoms with Gasteiger partial charge in [-0.15, -0.1) is 5.10 Å². The number of nitrogens with one attached hydrogen (secondary N) is 1. The highest BCUT2D eigenvalue weighted by Gasteiger charge is 2.18. The van der Waals surface area contributed by atoms with Crippen LogP contribution in [0.5, 0.6) is 0 Å². The second-order valence-electron chi connectivity index (χ2n) is 5.29. The summed E-state index contributed by atoms with van der Waals surface area (Å²) in [6.07, 6.45) is 7.54. The summed E-state index contributed by atoms with van der Waals surface area (Å²) in [5, 5.41) is 10.1. The zero-order valence-electron chi connectivity index (χ0n) is 13.6. The van der Waals surface area contributed by atoms with Gasteiger partial charge in [-0.05, 0) is 24.6 Å². The van der Waals surface area contributed by atoms with Crippen molar-refractivity contribution in [2.24, 2.45) is 0 Å². The molecule has 4 aromatic rings. The van der Waals surface area contributed by atoms with Gasteiger partial charge in [0.2, 0.25) is 0 Å². The van der Waals surface area contributed by atoms with Crippen LogP contribution in [0.25, 0.3) is 17.3 Å². The van der Waals surface area contributed by atoms with E-state index in [9.17, 15) is 4.79 Å². The molecule has 128 valence electrons. The van der Waals surface area contributed by atoms with Crippen molar-refractivity contribution in [3.05, 3.63) is 60.5 Å². The van der Waals surface area contributed by atoms with Gasteiger partial charge in [-0.1, -0.05) is 11.3 Å². The molecule has 1 amide bonds. The van der Waals surface area contributed by atoms with Crippen molar-refractivity contribution in [2.45, 2.75) is 6.92 Å². The maximum Gasteiger partial charge on any atom is 0.302 e. The lowest BCUT2D eigenvalue weighted by molar-refractivity contribution is 0.101. The number of oxazole rings is 1. The standard InChI is InChI=1S/C16H12N8O2/c1-10-3-4-11(19-7-10)12-9-26-16(21-12)22-14(25)13-8-20-23-24(13)15-17-5-2-6-18-15/h2-9H,1H3,(H,21,22,25). The molecule has 1 N–H and O–H groups in total. The molecule has 0 aliphatic heterocycles. The first kappa shape index (κ1) is 15.6. The van der Waals surface area contributed by atoms with E-state index in [4.69, 9.17) is 4.42 Å². The van der Waals surface area contributed by atoms with Crippen molar-refractivity contribution in [1.29, 1.82) is 0 Å². The van der Waals surface area contributed by atoms with E-state index in [-0.39, 0.29) is 17.7 Å². The molecule has 0 atom stereocenters. The average Bonchev–Trinajstić information content (AvgIpc) is 3.32. The van der Waals surface area contributed by atoms with Gasteiger partial charge in [0.15, 0.2) is 5.69 Å². The third-order valence-corrected chi connectivity index (χ3v) is 3.42. The molecule has 10 heteroatoms. The summed E-state index contributed by atoms with van der Waals surface area (Å²) in [7, 11) is 0. The maximum absolute atomic E-state index is 12.5. The van der Waals surface area contributed by atoms with Crippen LogP contribution in [-0.4, -0.2) is 40.8 Å². The van der Waals surface area contributed by atoms with Crippen LogP contribution < -0.4 is 5.32 Å². The number of rotatable bonds is 4. The highest BCUT2D eigenvalue weighted by Crippen LogP contribution is 2.19. The van der Waals surface area contributed by atoms with Crippen molar-refractivity contribution in [1.82, 2.24) is 34.9 Å². The van der Waals surface area contributed by atoms with Crippen LogP contribution in [-0.2, 0) is 0 Å². The minimum Gasteiger partial charge on any atom is -0.431 e. The number of hydrogen-bond donors (Lipinski definition) is 1. The van der Waals surface area contributed by atoms with E-state index < -0.39 is 5.91 Å². The van der Waals surface area contributed by atoms with E-state index in [1.54, 1.807) is 24.7 Å². The summed E-state index contributed by atoms with van der Waals surface area (Å²) in [5.41, 5.74) is 2.33. The Bertz CT molecular complexity index is 1040. The lowest BCUT2D eigenvalue weighted by Gasteiger charge is -2.03. The predicted octanol–water partition coefficient (Wildman–Crippen LogP) is 1.67. The topological polar surface area (TPSA) is 125 Å². The van der Waals surface area contributed by atoms with Gasteiger partial charge in [0, 0.05) is 18.6 Å². The van der Waals surface area contributed by atoms with Crippen molar-refractivity contribution < 1.29 is 9.21 Å². The summed E-state index contributed by atoms with van der Waals surface area (Å²) in [6.45, 7) is 1.94. The van der Waals surface area contributed by atoms with Crippen LogP contribution in [0, 0.1) is 6.92 Å². The molecule has 4 rings (SSSR count). The van der Waals surface area contributed by atoms with E-state index in [2.05, 4.69) is 35.6 Å². The number of carbonyl (C=O) groups excluding carboxylic acids is 1. The molecule has 0 aliphatic carbocycles. The molecule has 0 unspecified atom stereocenters. The summed E-state index contributed by atoms with van der Waals surface area (Å²) in [6, 6.07) is 5.44. The third-order valence-electron chi connectivity index (χ3n) is 3.42. The molecule has 10 nitrogen and oxygen atoms in total. The first-order chi connectivity index (χ1) is 12.7. The second kappa shape index (κ2) is 6.51.